The summed E-state index contributed by atoms with van der Waals surface area (Å²) in [5.74, 6) is 0.333. The molecule has 0 unspecified atom stereocenters. The molecule has 0 aliphatic carbocycles. The summed E-state index contributed by atoms with van der Waals surface area (Å²) in [6.45, 7) is 7.42. The molecule has 2 atom stereocenters. The Morgan fingerprint density at radius 3 is 2.78 bits per heavy atom. The van der Waals surface area contributed by atoms with Gasteiger partial charge in [-0.05, 0) is 33.1 Å². The largest absolute Gasteiger partial charge is 0.340 e. The van der Waals surface area contributed by atoms with E-state index in [1.54, 1.807) is 0 Å². The second-order valence-electron chi connectivity index (χ2n) is 6.00. The minimum absolute atomic E-state index is 0.0858. The van der Waals surface area contributed by atoms with E-state index in [0.29, 0.717) is 11.9 Å². The maximum Gasteiger partial charge on any atom is 0.280 e. The lowest BCUT2D eigenvalue weighted by atomic mass is 10.0. The number of quaternary nitrogens is 2. The molecule has 4 heteroatoms. The predicted octanol–water partition coefficient (Wildman–Crippen LogP) is -1.13. The second-order valence-corrected chi connectivity index (χ2v) is 6.00. The summed E-state index contributed by atoms with van der Waals surface area (Å²) in [6.07, 6.45) is 4.79. The van der Waals surface area contributed by atoms with Crippen molar-refractivity contribution >= 4 is 5.91 Å². The van der Waals surface area contributed by atoms with Crippen LogP contribution in [0.4, 0.5) is 0 Å². The SMILES string of the molecule is C[C@@H]1CCCCN1C(=O)[C@@H](C)[NH2+]CCC[NH+](C)C. The molecule has 18 heavy (non-hydrogen) atoms. The van der Waals surface area contributed by atoms with Crippen molar-refractivity contribution in [3.8, 4) is 0 Å². The number of amides is 1. The van der Waals surface area contributed by atoms with E-state index in [1.165, 1.54) is 37.1 Å². The molecule has 0 spiro atoms. The molecule has 1 aliphatic rings. The third-order valence-corrected chi connectivity index (χ3v) is 3.88. The molecule has 0 radical (unpaired) electrons. The summed E-state index contributed by atoms with van der Waals surface area (Å²) < 4.78 is 0. The molecule has 1 aliphatic heterocycles. The summed E-state index contributed by atoms with van der Waals surface area (Å²) in [4.78, 5) is 15.9. The predicted molar refractivity (Wildman–Crippen MR) is 73.6 cm³/mol. The van der Waals surface area contributed by atoms with Crippen molar-refractivity contribution in [2.75, 3.05) is 33.7 Å². The molecular weight excluding hydrogens is 226 g/mol. The van der Waals surface area contributed by atoms with Crippen molar-refractivity contribution < 1.29 is 15.0 Å². The van der Waals surface area contributed by atoms with Gasteiger partial charge < -0.3 is 15.1 Å². The molecule has 1 fully saturated rings. The molecule has 0 aromatic rings. The van der Waals surface area contributed by atoms with Crippen LogP contribution >= 0.6 is 0 Å². The molecule has 106 valence electrons. The molecule has 0 bridgehead atoms. The van der Waals surface area contributed by atoms with Crippen molar-refractivity contribution in [3.05, 3.63) is 0 Å². The van der Waals surface area contributed by atoms with Gasteiger partial charge in [-0.2, -0.15) is 0 Å². The zero-order valence-electron chi connectivity index (χ0n) is 12.5. The summed E-state index contributed by atoms with van der Waals surface area (Å²) in [5.41, 5.74) is 0. The van der Waals surface area contributed by atoms with Gasteiger partial charge in [0, 0.05) is 19.0 Å². The molecule has 1 amide bonds. The maximum atomic E-state index is 12.3. The molecule has 0 aromatic heterocycles. The van der Waals surface area contributed by atoms with Crippen molar-refractivity contribution in [3.63, 3.8) is 0 Å². The highest BCUT2D eigenvalue weighted by Gasteiger charge is 2.28. The highest BCUT2D eigenvalue weighted by Crippen LogP contribution is 2.16. The van der Waals surface area contributed by atoms with Gasteiger partial charge in [0.2, 0.25) is 0 Å². The zero-order chi connectivity index (χ0) is 13.5. The molecule has 0 saturated carbocycles. The number of piperidine rings is 1. The van der Waals surface area contributed by atoms with Gasteiger partial charge in [0.25, 0.3) is 5.91 Å². The Labute approximate surface area is 112 Å². The highest BCUT2D eigenvalue weighted by atomic mass is 16.2. The lowest BCUT2D eigenvalue weighted by Gasteiger charge is -2.34. The van der Waals surface area contributed by atoms with Gasteiger partial charge in [-0.15, -0.1) is 0 Å². The van der Waals surface area contributed by atoms with Crippen LogP contribution in [-0.4, -0.2) is 56.6 Å². The third kappa shape index (κ3) is 4.94. The van der Waals surface area contributed by atoms with Gasteiger partial charge in [0.05, 0.1) is 27.2 Å². The van der Waals surface area contributed by atoms with E-state index in [2.05, 4.69) is 31.2 Å². The number of nitrogens with zero attached hydrogens (tertiary/aromatic N) is 1. The zero-order valence-corrected chi connectivity index (χ0v) is 12.5. The quantitative estimate of drug-likeness (QED) is 0.581. The number of rotatable bonds is 6. The summed E-state index contributed by atoms with van der Waals surface area (Å²) in [7, 11) is 4.34. The fourth-order valence-electron chi connectivity index (χ4n) is 2.61. The minimum Gasteiger partial charge on any atom is -0.340 e. The average molecular weight is 257 g/mol. The lowest BCUT2D eigenvalue weighted by Crippen LogP contribution is -3.06. The van der Waals surface area contributed by atoms with Crippen molar-refractivity contribution in [1.82, 2.24) is 4.90 Å². The third-order valence-electron chi connectivity index (χ3n) is 3.88. The second kappa shape index (κ2) is 7.74. The van der Waals surface area contributed by atoms with Crippen molar-refractivity contribution in [1.29, 1.82) is 0 Å². The highest BCUT2D eigenvalue weighted by molar-refractivity contribution is 5.80. The van der Waals surface area contributed by atoms with E-state index < -0.39 is 0 Å². The molecule has 1 rings (SSSR count). The van der Waals surface area contributed by atoms with Gasteiger partial charge in [0.15, 0.2) is 6.04 Å². The van der Waals surface area contributed by atoms with Crippen LogP contribution in [0, 0.1) is 0 Å². The summed E-state index contributed by atoms with van der Waals surface area (Å²) in [5, 5.41) is 2.20. The topological polar surface area (TPSA) is 41.4 Å². The van der Waals surface area contributed by atoms with Gasteiger partial charge >= 0.3 is 0 Å². The average Bonchev–Trinajstić information content (AvgIpc) is 2.34. The van der Waals surface area contributed by atoms with Gasteiger partial charge in [-0.3, -0.25) is 4.79 Å². The van der Waals surface area contributed by atoms with Gasteiger partial charge in [0.1, 0.15) is 0 Å². The Kier molecular flexibility index (Phi) is 6.65. The van der Waals surface area contributed by atoms with Crippen molar-refractivity contribution in [2.45, 2.75) is 51.6 Å². The van der Waals surface area contributed by atoms with E-state index in [0.717, 1.165) is 13.1 Å². The van der Waals surface area contributed by atoms with Crippen LogP contribution in [0.5, 0.6) is 0 Å². The van der Waals surface area contributed by atoms with E-state index in [1.807, 2.05) is 6.92 Å². The van der Waals surface area contributed by atoms with E-state index >= 15 is 0 Å². The van der Waals surface area contributed by atoms with Gasteiger partial charge in [-0.1, -0.05) is 0 Å². The number of nitrogens with one attached hydrogen (secondary N) is 1. The molecule has 4 nitrogen and oxygen atoms in total. The molecule has 1 heterocycles. The Hall–Kier alpha value is -0.610. The Bertz CT molecular complexity index is 255. The first-order chi connectivity index (χ1) is 8.52. The Morgan fingerprint density at radius 1 is 1.44 bits per heavy atom. The number of hydrogen-bond donors (Lipinski definition) is 2. The fourth-order valence-corrected chi connectivity index (χ4v) is 2.61. The number of hydrogen-bond acceptors (Lipinski definition) is 1. The van der Waals surface area contributed by atoms with Crippen LogP contribution < -0.4 is 10.2 Å². The maximum absolute atomic E-state index is 12.3. The molecule has 3 N–H and O–H groups in total. The Balaban J connectivity index is 2.27. The van der Waals surface area contributed by atoms with Crippen LogP contribution in [0.15, 0.2) is 0 Å². The molecular formula is C14H31N3O+2. The number of nitrogens with two attached hydrogens (primary N) is 1. The summed E-state index contributed by atoms with van der Waals surface area (Å²) in [6, 6.07) is 0.524. The van der Waals surface area contributed by atoms with Crippen molar-refractivity contribution in [2.24, 2.45) is 0 Å². The first-order valence-electron chi connectivity index (χ1n) is 7.45. The first-order valence-corrected chi connectivity index (χ1v) is 7.45. The Morgan fingerprint density at radius 2 is 2.17 bits per heavy atom. The van der Waals surface area contributed by atoms with E-state index in [-0.39, 0.29) is 6.04 Å². The number of carbonyl (C=O) groups excluding carboxylic acids is 1. The van der Waals surface area contributed by atoms with Crippen LogP contribution in [0.3, 0.4) is 0 Å². The number of likely N-dealkylation sites (tertiary alicyclic amines) is 1. The lowest BCUT2D eigenvalue weighted by molar-refractivity contribution is -0.860. The van der Waals surface area contributed by atoms with Crippen LogP contribution in [-0.2, 0) is 4.79 Å². The smallest absolute Gasteiger partial charge is 0.280 e. The molecule has 1 saturated heterocycles. The van der Waals surface area contributed by atoms with Crippen LogP contribution in [0.2, 0.25) is 0 Å². The van der Waals surface area contributed by atoms with Gasteiger partial charge in [-0.25, -0.2) is 0 Å². The minimum atomic E-state index is 0.0858. The summed E-state index contributed by atoms with van der Waals surface area (Å²) >= 11 is 0. The standard InChI is InChI=1S/C14H29N3O/c1-12-8-5-6-11-17(12)14(18)13(2)15-9-7-10-16(3)4/h12-13,15H,5-11H2,1-4H3/p+2/t12-,13-/m1/s1. The number of carbonyl (C=O) groups is 1. The fraction of sp³-hybridized carbons (Fsp3) is 0.929. The molecule has 0 aromatic carbocycles. The van der Waals surface area contributed by atoms with E-state index in [4.69, 9.17) is 0 Å². The first kappa shape index (κ1) is 15.4. The van der Waals surface area contributed by atoms with E-state index in [9.17, 15) is 4.79 Å². The monoisotopic (exact) mass is 257 g/mol. The van der Waals surface area contributed by atoms with Crippen LogP contribution in [0.1, 0.15) is 39.5 Å². The normalized spacial score (nSPS) is 22.3. The van der Waals surface area contributed by atoms with Crippen LogP contribution in [0.25, 0.3) is 0 Å².